The number of aliphatic hydroxyl groups is 2. The van der Waals surface area contributed by atoms with Crippen LogP contribution in [-0.2, 0) is 4.74 Å². The normalized spacial score (nSPS) is 23.0. The van der Waals surface area contributed by atoms with Gasteiger partial charge >= 0.3 is 5.69 Å². The molecule has 2 heterocycles. The third kappa shape index (κ3) is 3.89. The van der Waals surface area contributed by atoms with Gasteiger partial charge in [-0.25, -0.2) is 9.79 Å². The van der Waals surface area contributed by atoms with Gasteiger partial charge in [-0.1, -0.05) is 29.3 Å². The maximum absolute atomic E-state index is 12.0. The summed E-state index contributed by atoms with van der Waals surface area (Å²) in [6.07, 6.45) is 0.183. The van der Waals surface area contributed by atoms with Crippen molar-refractivity contribution in [2.75, 3.05) is 6.61 Å². The first-order valence-electron chi connectivity index (χ1n) is 7.68. The largest absolute Gasteiger partial charge is 0.394 e. The molecule has 3 N–H and O–H groups in total. The molecule has 3 atom stereocenters. The van der Waals surface area contributed by atoms with Crippen molar-refractivity contribution in [3.8, 4) is 0 Å². The van der Waals surface area contributed by atoms with Gasteiger partial charge in [-0.15, -0.1) is 0 Å². The molecule has 1 saturated heterocycles. The molecule has 1 aromatic carbocycles. The van der Waals surface area contributed by atoms with Gasteiger partial charge in [-0.2, -0.15) is 0 Å². The van der Waals surface area contributed by atoms with Crippen LogP contribution < -0.4 is 11.2 Å². The molecular weight excluding hydrogens is 385 g/mol. The van der Waals surface area contributed by atoms with Gasteiger partial charge in [0.1, 0.15) is 18.0 Å². The molecule has 10 heteroatoms. The number of hydrogen-bond donors (Lipinski definition) is 3. The highest BCUT2D eigenvalue weighted by atomic mass is 35.5. The van der Waals surface area contributed by atoms with Crippen LogP contribution >= 0.6 is 23.2 Å². The summed E-state index contributed by atoms with van der Waals surface area (Å²) in [5.74, 6) is 0. The van der Waals surface area contributed by atoms with Gasteiger partial charge in [-0.3, -0.25) is 14.3 Å². The number of ether oxygens (including phenoxy) is 1. The third-order valence-electron chi connectivity index (χ3n) is 3.95. The molecule has 0 saturated carbocycles. The van der Waals surface area contributed by atoms with Crippen LogP contribution in [-0.4, -0.2) is 44.8 Å². The average molecular weight is 400 g/mol. The van der Waals surface area contributed by atoms with E-state index in [0.717, 1.165) is 4.57 Å². The van der Waals surface area contributed by atoms with Gasteiger partial charge in [0, 0.05) is 29.4 Å². The van der Waals surface area contributed by atoms with E-state index >= 15 is 0 Å². The number of H-pyrrole nitrogens is 1. The summed E-state index contributed by atoms with van der Waals surface area (Å²) in [6, 6.07) is 4.81. The van der Waals surface area contributed by atoms with Gasteiger partial charge in [0.05, 0.1) is 17.7 Å². The standard InChI is InChI=1S/C16H15Cl2N3O5/c17-9-2-1-8(10(18)3-9)5-19-11-6-21(16(25)20-15(11)24)14-4-12(23)13(7-22)26-14/h1-3,5-6,12-14,22-23H,4,7H2,(H,20,24,25). The summed E-state index contributed by atoms with van der Waals surface area (Å²) in [6.45, 7) is -0.379. The van der Waals surface area contributed by atoms with Crippen molar-refractivity contribution in [2.45, 2.75) is 24.9 Å². The Labute approximate surface area is 157 Å². The number of aliphatic imine (C=N–C) groups is 1. The molecule has 3 rings (SSSR count). The van der Waals surface area contributed by atoms with Crippen LogP contribution in [0.4, 0.5) is 5.69 Å². The second-order valence-electron chi connectivity index (χ2n) is 5.72. The molecule has 138 valence electrons. The molecule has 2 aromatic rings. The zero-order chi connectivity index (χ0) is 18.8. The lowest BCUT2D eigenvalue weighted by molar-refractivity contribution is -0.0458. The highest BCUT2D eigenvalue weighted by Gasteiger charge is 2.35. The van der Waals surface area contributed by atoms with Gasteiger partial charge in [-0.05, 0) is 12.1 Å². The smallest absolute Gasteiger partial charge is 0.330 e. The van der Waals surface area contributed by atoms with Gasteiger partial charge < -0.3 is 14.9 Å². The Bertz CT molecular complexity index is 956. The molecule has 1 fully saturated rings. The van der Waals surface area contributed by atoms with Crippen LogP contribution in [0.3, 0.4) is 0 Å². The molecule has 26 heavy (non-hydrogen) atoms. The third-order valence-corrected chi connectivity index (χ3v) is 4.51. The maximum Gasteiger partial charge on any atom is 0.330 e. The van der Waals surface area contributed by atoms with E-state index in [1.165, 1.54) is 12.4 Å². The molecule has 1 aliphatic heterocycles. The van der Waals surface area contributed by atoms with Crippen LogP contribution in [0.15, 0.2) is 39.0 Å². The van der Waals surface area contributed by atoms with E-state index in [2.05, 4.69) is 9.98 Å². The second-order valence-corrected chi connectivity index (χ2v) is 6.56. The quantitative estimate of drug-likeness (QED) is 0.668. The Hall–Kier alpha value is -1.97. The Kier molecular flexibility index (Phi) is 5.59. The molecule has 0 aliphatic carbocycles. The van der Waals surface area contributed by atoms with Crippen molar-refractivity contribution in [1.82, 2.24) is 9.55 Å². The first-order valence-corrected chi connectivity index (χ1v) is 8.43. The highest BCUT2D eigenvalue weighted by molar-refractivity contribution is 6.36. The number of aromatic nitrogens is 2. The van der Waals surface area contributed by atoms with E-state index in [1.807, 2.05) is 0 Å². The second kappa shape index (κ2) is 7.73. The molecular formula is C16H15Cl2N3O5. The lowest BCUT2D eigenvalue weighted by Gasteiger charge is -2.14. The van der Waals surface area contributed by atoms with E-state index in [0.29, 0.717) is 15.6 Å². The molecule has 0 amide bonds. The SMILES string of the molecule is O=c1[nH]c(=O)n(C2CC(O)C(CO)O2)cc1N=Cc1ccc(Cl)cc1Cl. The Balaban J connectivity index is 1.92. The fourth-order valence-electron chi connectivity index (χ4n) is 2.58. The van der Waals surface area contributed by atoms with Crippen molar-refractivity contribution in [2.24, 2.45) is 4.99 Å². The zero-order valence-corrected chi connectivity index (χ0v) is 14.8. The van der Waals surface area contributed by atoms with Gasteiger partial charge in [0.15, 0.2) is 0 Å². The molecule has 1 aromatic heterocycles. The first kappa shape index (κ1) is 18.8. The van der Waals surface area contributed by atoms with Crippen LogP contribution in [0.25, 0.3) is 0 Å². The number of aliphatic hydroxyl groups excluding tert-OH is 2. The van der Waals surface area contributed by atoms with Gasteiger partial charge in [0.25, 0.3) is 5.56 Å². The Morgan fingerprint density at radius 1 is 1.38 bits per heavy atom. The molecule has 1 aliphatic rings. The Morgan fingerprint density at radius 3 is 2.81 bits per heavy atom. The minimum absolute atomic E-state index is 0.0406. The van der Waals surface area contributed by atoms with Crippen molar-refractivity contribution in [3.63, 3.8) is 0 Å². The predicted molar refractivity (Wildman–Crippen MR) is 96.7 cm³/mol. The van der Waals surface area contributed by atoms with E-state index in [9.17, 15) is 14.7 Å². The van der Waals surface area contributed by atoms with Crippen LogP contribution in [0.5, 0.6) is 0 Å². The summed E-state index contributed by atoms with van der Waals surface area (Å²) in [5, 5.41) is 19.8. The minimum Gasteiger partial charge on any atom is -0.394 e. The lowest BCUT2D eigenvalue weighted by Crippen LogP contribution is -2.32. The van der Waals surface area contributed by atoms with E-state index in [1.54, 1.807) is 18.2 Å². The van der Waals surface area contributed by atoms with E-state index in [4.69, 9.17) is 33.0 Å². The number of hydrogen-bond acceptors (Lipinski definition) is 6. The summed E-state index contributed by atoms with van der Waals surface area (Å²) in [5.41, 5.74) is -0.874. The number of benzene rings is 1. The topological polar surface area (TPSA) is 117 Å². The number of halogens is 2. The summed E-state index contributed by atoms with van der Waals surface area (Å²) < 4.78 is 6.55. The van der Waals surface area contributed by atoms with Crippen LogP contribution in [0, 0.1) is 0 Å². The van der Waals surface area contributed by atoms with Crippen LogP contribution in [0.1, 0.15) is 18.2 Å². The Morgan fingerprint density at radius 2 is 2.15 bits per heavy atom. The van der Waals surface area contributed by atoms with E-state index in [-0.39, 0.29) is 18.7 Å². The summed E-state index contributed by atoms with van der Waals surface area (Å²) >= 11 is 11.9. The van der Waals surface area contributed by atoms with Crippen molar-refractivity contribution < 1.29 is 14.9 Å². The average Bonchev–Trinajstić information content (AvgIpc) is 2.96. The fraction of sp³-hybridized carbons (Fsp3) is 0.312. The molecule has 0 bridgehead atoms. The number of rotatable bonds is 4. The molecule has 0 radical (unpaired) electrons. The maximum atomic E-state index is 12.0. The minimum atomic E-state index is -0.913. The van der Waals surface area contributed by atoms with Crippen molar-refractivity contribution in [3.05, 3.63) is 60.8 Å². The number of nitrogens with one attached hydrogen (secondary N) is 1. The van der Waals surface area contributed by atoms with Crippen LogP contribution in [0.2, 0.25) is 10.0 Å². The highest BCUT2D eigenvalue weighted by Crippen LogP contribution is 2.27. The van der Waals surface area contributed by atoms with Crippen molar-refractivity contribution >= 4 is 35.1 Å². The van der Waals surface area contributed by atoms with Gasteiger partial charge in [0.2, 0.25) is 0 Å². The lowest BCUT2D eigenvalue weighted by atomic mass is 10.2. The zero-order valence-electron chi connectivity index (χ0n) is 13.3. The first-order chi connectivity index (χ1) is 12.4. The van der Waals surface area contributed by atoms with E-state index < -0.39 is 29.7 Å². The number of nitrogens with zero attached hydrogens (tertiary/aromatic N) is 2. The summed E-state index contributed by atoms with van der Waals surface area (Å²) in [7, 11) is 0. The molecule has 3 unspecified atom stereocenters. The number of aromatic amines is 1. The predicted octanol–water partition coefficient (Wildman–Crippen LogP) is 1.23. The summed E-state index contributed by atoms with van der Waals surface area (Å²) in [4.78, 5) is 30.3. The molecule has 0 spiro atoms. The van der Waals surface area contributed by atoms with Crippen molar-refractivity contribution in [1.29, 1.82) is 0 Å². The molecule has 8 nitrogen and oxygen atoms in total. The fourth-order valence-corrected chi connectivity index (χ4v) is 3.03. The monoisotopic (exact) mass is 399 g/mol.